The zero-order chi connectivity index (χ0) is 13.0. The molecule has 2 rings (SSSR count). The van der Waals surface area contributed by atoms with Crippen LogP contribution in [0.4, 0.5) is 5.69 Å². The van der Waals surface area contributed by atoms with E-state index >= 15 is 0 Å². The molecule has 2 N–H and O–H groups in total. The van der Waals surface area contributed by atoms with Crippen molar-refractivity contribution in [2.45, 2.75) is 13.1 Å². The van der Waals surface area contributed by atoms with Crippen LogP contribution in [0.5, 0.6) is 5.75 Å². The van der Waals surface area contributed by atoms with E-state index in [1.807, 2.05) is 18.2 Å². The highest BCUT2D eigenvalue weighted by molar-refractivity contribution is 7.12. The minimum atomic E-state index is 0.614. The fourth-order valence-electron chi connectivity index (χ4n) is 1.88. The third-order valence-electron chi connectivity index (χ3n) is 2.81. The third kappa shape index (κ3) is 2.83. The molecule has 3 nitrogen and oxygen atoms in total. The Morgan fingerprint density at radius 2 is 1.89 bits per heavy atom. The second kappa shape index (κ2) is 5.89. The number of thiophene rings is 1. The Labute approximate surface area is 112 Å². The van der Waals surface area contributed by atoms with Crippen molar-refractivity contribution in [2.75, 3.05) is 19.1 Å². The lowest BCUT2D eigenvalue weighted by Gasteiger charge is -2.20. The fourth-order valence-corrected chi connectivity index (χ4v) is 2.83. The van der Waals surface area contributed by atoms with Crippen LogP contribution in [0.25, 0.3) is 0 Å². The van der Waals surface area contributed by atoms with Crippen LogP contribution in [-0.2, 0) is 13.1 Å². The van der Waals surface area contributed by atoms with Crippen molar-refractivity contribution in [2.24, 2.45) is 5.73 Å². The molecular weight excluding hydrogens is 244 g/mol. The molecule has 0 spiro atoms. The molecule has 1 aromatic carbocycles. The van der Waals surface area contributed by atoms with Crippen molar-refractivity contribution >= 4 is 17.0 Å². The summed E-state index contributed by atoms with van der Waals surface area (Å²) in [6.07, 6.45) is 0. The van der Waals surface area contributed by atoms with E-state index in [0.717, 1.165) is 18.0 Å². The molecule has 0 atom stereocenters. The second-order valence-corrected chi connectivity index (χ2v) is 5.35. The molecule has 0 amide bonds. The number of benzene rings is 1. The summed E-state index contributed by atoms with van der Waals surface area (Å²) in [5.41, 5.74) is 6.73. The van der Waals surface area contributed by atoms with Gasteiger partial charge < -0.3 is 15.4 Å². The van der Waals surface area contributed by atoms with Crippen LogP contribution in [0.2, 0.25) is 0 Å². The molecule has 0 aliphatic rings. The average Bonchev–Trinajstić information content (AvgIpc) is 2.86. The highest BCUT2D eigenvalue weighted by Crippen LogP contribution is 2.28. The highest BCUT2D eigenvalue weighted by atomic mass is 32.1. The van der Waals surface area contributed by atoms with Crippen LogP contribution >= 0.6 is 11.3 Å². The summed E-state index contributed by atoms with van der Waals surface area (Å²) in [6, 6.07) is 12.3. The fraction of sp³-hybridized carbons (Fsp3) is 0.286. The van der Waals surface area contributed by atoms with Crippen LogP contribution in [0, 0.1) is 0 Å². The summed E-state index contributed by atoms with van der Waals surface area (Å²) in [5.74, 6) is 0.899. The lowest BCUT2D eigenvalue weighted by Crippen LogP contribution is -2.16. The largest absolute Gasteiger partial charge is 0.495 e. The van der Waals surface area contributed by atoms with E-state index in [9.17, 15) is 0 Å². The van der Waals surface area contributed by atoms with Gasteiger partial charge >= 0.3 is 0 Å². The number of methoxy groups -OCH3 is 1. The van der Waals surface area contributed by atoms with E-state index in [4.69, 9.17) is 10.5 Å². The van der Waals surface area contributed by atoms with Gasteiger partial charge in [0.15, 0.2) is 0 Å². The quantitative estimate of drug-likeness (QED) is 0.900. The molecule has 1 aromatic heterocycles. The lowest BCUT2D eigenvalue weighted by molar-refractivity contribution is 0.415. The maximum atomic E-state index is 5.63. The number of para-hydroxylation sites is 2. The van der Waals surface area contributed by atoms with Gasteiger partial charge in [0, 0.05) is 23.3 Å². The van der Waals surface area contributed by atoms with Crippen LogP contribution in [0.3, 0.4) is 0 Å². The SMILES string of the molecule is COc1ccccc1N(C)Cc1ccc(CN)s1. The highest BCUT2D eigenvalue weighted by Gasteiger charge is 2.08. The van der Waals surface area contributed by atoms with Crippen LogP contribution in [0.1, 0.15) is 9.75 Å². The minimum absolute atomic E-state index is 0.614. The predicted octanol–water partition coefficient (Wildman–Crippen LogP) is 2.85. The van der Waals surface area contributed by atoms with Gasteiger partial charge in [-0.15, -0.1) is 11.3 Å². The number of nitrogens with two attached hydrogens (primary N) is 1. The monoisotopic (exact) mass is 262 g/mol. The second-order valence-electron chi connectivity index (χ2n) is 4.10. The maximum absolute atomic E-state index is 5.63. The van der Waals surface area contributed by atoms with Gasteiger partial charge in [-0.05, 0) is 24.3 Å². The van der Waals surface area contributed by atoms with Gasteiger partial charge in [0.1, 0.15) is 5.75 Å². The van der Waals surface area contributed by atoms with Crippen LogP contribution in [0.15, 0.2) is 36.4 Å². The molecule has 18 heavy (non-hydrogen) atoms. The van der Waals surface area contributed by atoms with Gasteiger partial charge in [-0.1, -0.05) is 12.1 Å². The molecule has 0 aliphatic heterocycles. The van der Waals surface area contributed by atoms with Gasteiger partial charge in [0.05, 0.1) is 19.3 Å². The van der Waals surface area contributed by atoms with Crippen molar-refractivity contribution in [1.82, 2.24) is 0 Å². The van der Waals surface area contributed by atoms with Gasteiger partial charge in [-0.2, -0.15) is 0 Å². The molecule has 0 fully saturated rings. The summed E-state index contributed by atoms with van der Waals surface area (Å²) in [7, 11) is 3.77. The van der Waals surface area contributed by atoms with Crippen molar-refractivity contribution < 1.29 is 4.74 Å². The predicted molar refractivity (Wildman–Crippen MR) is 77.3 cm³/mol. The van der Waals surface area contributed by atoms with E-state index in [1.54, 1.807) is 18.4 Å². The summed E-state index contributed by atoms with van der Waals surface area (Å²) < 4.78 is 5.37. The Hall–Kier alpha value is -1.52. The van der Waals surface area contributed by atoms with Crippen LogP contribution in [-0.4, -0.2) is 14.2 Å². The van der Waals surface area contributed by atoms with Gasteiger partial charge in [0.2, 0.25) is 0 Å². The maximum Gasteiger partial charge on any atom is 0.142 e. The van der Waals surface area contributed by atoms with Crippen molar-refractivity contribution in [3.8, 4) is 5.75 Å². The number of ether oxygens (including phenoxy) is 1. The molecule has 0 saturated carbocycles. The lowest BCUT2D eigenvalue weighted by atomic mass is 10.2. The molecule has 0 aliphatic carbocycles. The summed E-state index contributed by atoms with van der Waals surface area (Å²) >= 11 is 1.76. The number of hydrogen-bond acceptors (Lipinski definition) is 4. The Kier molecular flexibility index (Phi) is 4.23. The molecule has 96 valence electrons. The Balaban J connectivity index is 2.13. The minimum Gasteiger partial charge on any atom is -0.495 e. The molecule has 4 heteroatoms. The van der Waals surface area contributed by atoms with Crippen molar-refractivity contribution in [3.63, 3.8) is 0 Å². The Morgan fingerprint density at radius 1 is 1.17 bits per heavy atom. The molecule has 0 unspecified atom stereocenters. The topological polar surface area (TPSA) is 38.5 Å². The molecule has 1 heterocycles. The first-order valence-electron chi connectivity index (χ1n) is 5.86. The van der Waals surface area contributed by atoms with E-state index in [2.05, 4.69) is 30.1 Å². The zero-order valence-electron chi connectivity index (χ0n) is 10.7. The molecule has 0 saturated heterocycles. The first kappa shape index (κ1) is 12.9. The Bertz CT molecular complexity index is 510. The van der Waals surface area contributed by atoms with Crippen molar-refractivity contribution in [3.05, 3.63) is 46.2 Å². The molecule has 0 bridgehead atoms. The number of hydrogen-bond donors (Lipinski definition) is 1. The standard InChI is InChI=1S/C14H18N2OS/c1-16(10-12-8-7-11(9-15)18-12)13-5-3-4-6-14(13)17-2/h3-8H,9-10,15H2,1-2H3. The van der Waals surface area contributed by atoms with Gasteiger partial charge in [0.25, 0.3) is 0 Å². The van der Waals surface area contributed by atoms with E-state index < -0.39 is 0 Å². The number of rotatable bonds is 5. The first-order valence-corrected chi connectivity index (χ1v) is 6.68. The van der Waals surface area contributed by atoms with E-state index in [-0.39, 0.29) is 0 Å². The molecule has 2 aromatic rings. The molecule has 0 radical (unpaired) electrons. The van der Waals surface area contributed by atoms with Gasteiger partial charge in [-0.25, -0.2) is 0 Å². The van der Waals surface area contributed by atoms with Crippen LogP contribution < -0.4 is 15.4 Å². The smallest absolute Gasteiger partial charge is 0.142 e. The average molecular weight is 262 g/mol. The van der Waals surface area contributed by atoms with Crippen molar-refractivity contribution in [1.29, 1.82) is 0 Å². The summed E-state index contributed by atoms with van der Waals surface area (Å²) in [6.45, 7) is 1.48. The Morgan fingerprint density at radius 3 is 2.56 bits per heavy atom. The van der Waals surface area contributed by atoms with E-state index in [1.165, 1.54) is 9.75 Å². The number of anilines is 1. The van der Waals surface area contributed by atoms with E-state index in [0.29, 0.717) is 6.54 Å². The molecular formula is C14H18N2OS. The zero-order valence-corrected chi connectivity index (χ0v) is 11.5. The normalized spacial score (nSPS) is 10.4. The van der Waals surface area contributed by atoms with Gasteiger partial charge in [-0.3, -0.25) is 0 Å². The summed E-state index contributed by atoms with van der Waals surface area (Å²) in [4.78, 5) is 4.72. The summed E-state index contributed by atoms with van der Waals surface area (Å²) in [5, 5.41) is 0. The number of nitrogens with zero attached hydrogens (tertiary/aromatic N) is 1. The third-order valence-corrected chi connectivity index (χ3v) is 3.90. The first-order chi connectivity index (χ1) is 8.74.